The number of rotatable bonds is 5. The van der Waals surface area contributed by atoms with E-state index < -0.39 is 18.3 Å². The molecule has 0 spiro atoms. The number of aryl methyl sites for hydroxylation is 1. The van der Waals surface area contributed by atoms with Crippen LogP contribution in [0.4, 0.5) is 9.18 Å². The summed E-state index contributed by atoms with van der Waals surface area (Å²) in [6, 6.07) is 0. The van der Waals surface area contributed by atoms with E-state index >= 15 is 0 Å². The van der Waals surface area contributed by atoms with Crippen LogP contribution in [0.1, 0.15) is 16.8 Å². The zero-order valence-electron chi connectivity index (χ0n) is 12.4. The molecule has 1 amide bonds. The largest absolute Gasteiger partial charge is 0.442 e. The van der Waals surface area contributed by atoms with Crippen LogP contribution in [-0.4, -0.2) is 48.0 Å². The summed E-state index contributed by atoms with van der Waals surface area (Å²) in [5, 5.41) is 15.6. The Kier molecular flexibility index (Phi) is 4.26. The Bertz CT molecular complexity index is 550. The average molecular weight is 309 g/mol. The number of carbonyl (C=O) groups excluding carboxylic acids is 1. The van der Waals surface area contributed by atoms with Gasteiger partial charge in [-0.3, -0.25) is 4.98 Å². The van der Waals surface area contributed by atoms with Crippen LogP contribution in [0.15, 0.2) is 6.20 Å². The van der Waals surface area contributed by atoms with E-state index in [0.29, 0.717) is 32.0 Å². The van der Waals surface area contributed by atoms with Crippen molar-refractivity contribution in [2.24, 2.45) is 5.92 Å². The van der Waals surface area contributed by atoms with Crippen LogP contribution in [-0.2, 0) is 17.6 Å². The van der Waals surface area contributed by atoms with E-state index in [2.05, 4.69) is 15.6 Å². The summed E-state index contributed by atoms with van der Waals surface area (Å²) >= 11 is 0. The fraction of sp³-hybridized carbons (Fsp3) is 0.600. The van der Waals surface area contributed by atoms with E-state index in [9.17, 15) is 14.3 Å². The van der Waals surface area contributed by atoms with Gasteiger partial charge in [-0.2, -0.15) is 0 Å². The Morgan fingerprint density at radius 3 is 3.00 bits per heavy atom. The Morgan fingerprint density at radius 1 is 1.55 bits per heavy atom. The van der Waals surface area contributed by atoms with Crippen LogP contribution in [0.2, 0.25) is 0 Å². The number of carbonyl (C=O) groups is 1. The molecule has 3 atom stereocenters. The Labute approximate surface area is 128 Å². The molecule has 2 aliphatic rings. The number of halogens is 1. The summed E-state index contributed by atoms with van der Waals surface area (Å²) in [6.45, 7) is 3.25. The fourth-order valence-corrected chi connectivity index (χ4v) is 3.14. The number of cyclic esters (lactones) is 1. The van der Waals surface area contributed by atoms with Crippen LogP contribution in [0.3, 0.4) is 0 Å². The third-order valence-corrected chi connectivity index (χ3v) is 4.37. The minimum Gasteiger partial charge on any atom is -0.442 e. The van der Waals surface area contributed by atoms with Gasteiger partial charge in [0.05, 0.1) is 12.7 Å². The predicted octanol–water partition coefficient (Wildman–Crippen LogP) is 0.303. The number of pyridine rings is 1. The number of alkyl carbamates (subject to hydrolysis) is 1. The first-order valence-electron chi connectivity index (χ1n) is 7.50. The van der Waals surface area contributed by atoms with Gasteiger partial charge in [0.2, 0.25) is 0 Å². The molecule has 6 nitrogen and oxygen atoms in total. The van der Waals surface area contributed by atoms with Crippen LogP contribution >= 0.6 is 0 Å². The van der Waals surface area contributed by atoms with E-state index in [0.717, 1.165) is 23.2 Å². The molecule has 3 rings (SSSR count). The predicted molar refractivity (Wildman–Crippen MR) is 77.0 cm³/mol. The van der Waals surface area contributed by atoms with Crippen LogP contribution < -0.4 is 10.6 Å². The number of aliphatic hydroxyl groups excluding tert-OH is 1. The second-order valence-corrected chi connectivity index (χ2v) is 5.97. The lowest BCUT2D eigenvalue weighted by Crippen LogP contribution is -2.39. The molecule has 1 fully saturated rings. The number of aromatic nitrogens is 1. The minimum atomic E-state index is -0.747. The van der Waals surface area contributed by atoms with Gasteiger partial charge in [0, 0.05) is 12.2 Å². The summed E-state index contributed by atoms with van der Waals surface area (Å²) in [4.78, 5) is 15.0. The summed E-state index contributed by atoms with van der Waals surface area (Å²) in [5.74, 6) is 0.0657. The molecule has 1 unspecified atom stereocenters. The van der Waals surface area contributed by atoms with E-state index in [-0.39, 0.29) is 5.82 Å². The smallest absolute Gasteiger partial charge is 0.407 e. The van der Waals surface area contributed by atoms with Gasteiger partial charge in [-0.15, -0.1) is 0 Å². The van der Waals surface area contributed by atoms with Gasteiger partial charge in [-0.25, -0.2) is 9.18 Å². The molecule has 1 aliphatic carbocycles. The molecule has 0 aromatic carbocycles. The second kappa shape index (κ2) is 6.18. The Hall–Kier alpha value is -1.73. The maximum Gasteiger partial charge on any atom is 0.407 e. The zero-order valence-corrected chi connectivity index (χ0v) is 12.4. The second-order valence-electron chi connectivity index (χ2n) is 5.97. The first-order valence-corrected chi connectivity index (χ1v) is 7.50. The van der Waals surface area contributed by atoms with Crippen molar-refractivity contribution >= 4 is 6.09 Å². The van der Waals surface area contributed by atoms with Crippen LogP contribution in [0, 0.1) is 18.7 Å². The highest BCUT2D eigenvalue weighted by Gasteiger charge is 2.30. The summed E-state index contributed by atoms with van der Waals surface area (Å²) in [6.07, 6.45) is 1.03. The Balaban J connectivity index is 1.47. The number of amides is 1. The van der Waals surface area contributed by atoms with Crippen molar-refractivity contribution in [3.05, 3.63) is 28.8 Å². The number of nitrogens with zero attached hydrogens (tertiary/aromatic N) is 1. The zero-order chi connectivity index (χ0) is 15.7. The molecular weight excluding hydrogens is 289 g/mol. The van der Waals surface area contributed by atoms with Crippen molar-refractivity contribution < 1.29 is 19.0 Å². The number of ether oxygens (including phenoxy) is 1. The number of aliphatic hydroxyl groups is 1. The van der Waals surface area contributed by atoms with E-state index in [1.807, 2.05) is 6.92 Å². The summed E-state index contributed by atoms with van der Waals surface area (Å²) in [7, 11) is 0. The number of fused-ring (bicyclic) bond motifs is 1. The lowest BCUT2D eigenvalue weighted by Gasteiger charge is -2.18. The average Bonchev–Trinajstić information content (AvgIpc) is 3.10. The molecule has 3 N–H and O–H groups in total. The van der Waals surface area contributed by atoms with Crippen LogP contribution in [0.25, 0.3) is 0 Å². The number of nitrogens with one attached hydrogen (secondary N) is 2. The van der Waals surface area contributed by atoms with Crippen molar-refractivity contribution in [3.8, 4) is 0 Å². The molecule has 1 aromatic rings. The van der Waals surface area contributed by atoms with Gasteiger partial charge in [0.25, 0.3) is 0 Å². The van der Waals surface area contributed by atoms with Crippen molar-refractivity contribution in [3.63, 3.8) is 0 Å². The summed E-state index contributed by atoms with van der Waals surface area (Å²) < 4.78 is 18.7. The highest BCUT2D eigenvalue weighted by atomic mass is 19.1. The van der Waals surface area contributed by atoms with Gasteiger partial charge in [0.1, 0.15) is 18.0 Å². The molecular formula is C15H20FN3O3. The quantitative estimate of drug-likeness (QED) is 0.729. The molecule has 7 heteroatoms. The van der Waals surface area contributed by atoms with Crippen molar-refractivity contribution in [2.45, 2.75) is 32.0 Å². The fourth-order valence-electron chi connectivity index (χ4n) is 3.14. The topological polar surface area (TPSA) is 83.5 Å². The van der Waals surface area contributed by atoms with Gasteiger partial charge >= 0.3 is 6.09 Å². The third kappa shape index (κ3) is 3.05. The van der Waals surface area contributed by atoms with E-state index in [1.54, 1.807) is 0 Å². The summed E-state index contributed by atoms with van der Waals surface area (Å²) in [5.41, 5.74) is 2.68. The standard InChI is InChI=1S/C15H20FN3O3/c1-8-10-2-9(3-11(10)12(16)5-18-8)4-17-6-13(20)14-7-19-15(21)22-14/h5,9,13-14,17,20H,2-4,6-7H2,1H3,(H,19,21)/t9?,13-,14-/m1/s1. The lowest BCUT2D eigenvalue weighted by molar-refractivity contribution is 0.0327. The molecule has 1 aliphatic heterocycles. The maximum atomic E-state index is 13.8. The normalized spacial score (nSPS) is 24.8. The van der Waals surface area contributed by atoms with Crippen molar-refractivity contribution in [1.82, 2.24) is 15.6 Å². The molecule has 1 saturated heterocycles. The molecule has 1 aromatic heterocycles. The highest BCUT2D eigenvalue weighted by molar-refractivity contribution is 5.69. The molecule has 0 radical (unpaired) electrons. The van der Waals surface area contributed by atoms with Gasteiger partial charge in [-0.1, -0.05) is 0 Å². The van der Waals surface area contributed by atoms with E-state index in [4.69, 9.17) is 4.74 Å². The van der Waals surface area contributed by atoms with Gasteiger partial charge < -0.3 is 20.5 Å². The third-order valence-electron chi connectivity index (χ3n) is 4.37. The molecule has 2 heterocycles. The lowest BCUT2D eigenvalue weighted by atomic mass is 10.1. The molecule has 22 heavy (non-hydrogen) atoms. The Morgan fingerprint density at radius 2 is 2.32 bits per heavy atom. The monoisotopic (exact) mass is 309 g/mol. The van der Waals surface area contributed by atoms with Crippen molar-refractivity contribution in [1.29, 1.82) is 0 Å². The van der Waals surface area contributed by atoms with Crippen LogP contribution in [0.5, 0.6) is 0 Å². The maximum absolute atomic E-state index is 13.8. The minimum absolute atomic E-state index is 0.230. The first kappa shape index (κ1) is 15.2. The molecule has 0 saturated carbocycles. The number of hydrogen-bond donors (Lipinski definition) is 3. The van der Waals surface area contributed by atoms with Gasteiger partial charge in [-0.05, 0) is 43.4 Å². The van der Waals surface area contributed by atoms with E-state index in [1.165, 1.54) is 6.20 Å². The SMILES string of the molecule is Cc1ncc(F)c2c1CC(CNC[C@@H](O)[C@H]1CNC(=O)O1)C2. The molecule has 120 valence electrons. The van der Waals surface area contributed by atoms with Crippen molar-refractivity contribution in [2.75, 3.05) is 19.6 Å². The molecule has 0 bridgehead atoms. The van der Waals surface area contributed by atoms with Gasteiger partial charge in [0.15, 0.2) is 0 Å². The number of hydrogen-bond acceptors (Lipinski definition) is 5. The highest BCUT2D eigenvalue weighted by Crippen LogP contribution is 2.29. The first-order chi connectivity index (χ1) is 10.5.